The van der Waals surface area contributed by atoms with Crippen LogP contribution in [0.1, 0.15) is 19.8 Å². The first-order valence-electron chi connectivity index (χ1n) is 8.41. The van der Waals surface area contributed by atoms with Crippen LogP contribution in [0.3, 0.4) is 0 Å². The highest BCUT2D eigenvalue weighted by Crippen LogP contribution is 2.31. The van der Waals surface area contributed by atoms with E-state index in [-0.39, 0.29) is 12.5 Å². The molecule has 4 aromatic heterocycles. The van der Waals surface area contributed by atoms with Crippen molar-refractivity contribution in [2.75, 3.05) is 5.32 Å². The van der Waals surface area contributed by atoms with E-state index >= 15 is 0 Å². The molecule has 0 saturated carbocycles. The Morgan fingerprint density at radius 2 is 2.30 bits per heavy atom. The maximum Gasteiger partial charge on any atom is 0.305 e. The molecule has 8 nitrogen and oxygen atoms in total. The highest BCUT2D eigenvalue weighted by Gasteiger charge is 2.19. The Morgan fingerprint density at radius 3 is 3.07 bits per heavy atom. The van der Waals surface area contributed by atoms with Gasteiger partial charge in [0.1, 0.15) is 11.2 Å². The lowest BCUT2D eigenvalue weighted by Gasteiger charge is -2.16. The first kappa shape index (κ1) is 17.3. The smallest absolute Gasteiger partial charge is 0.305 e. The number of hydrogen-bond donors (Lipinski definition) is 3. The zero-order valence-electron chi connectivity index (χ0n) is 14.4. The van der Waals surface area contributed by atoms with Crippen LogP contribution in [0.4, 0.5) is 5.82 Å². The van der Waals surface area contributed by atoms with E-state index in [9.17, 15) is 4.79 Å². The molecule has 4 rings (SSSR count). The lowest BCUT2D eigenvalue weighted by Crippen LogP contribution is -2.23. The van der Waals surface area contributed by atoms with Gasteiger partial charge in [0, 0.05) is 35.5 Å². The highest BCUT2D eigenvalue weighted by atomic mass is 35.5. The SMILES string of the molecule is CC[C@@H](CC(=O)O)Nc1nc(-c2c[nH]c3ncc(Cl)cc23)nc2ccoc12. The molecule has 0 aliphatic carbocycles. The Morgan fingerprint density at radius 1 is 1.44 bits per heavy atom. The van der Waals surface area contributed by atoms with Crippen molar-refractivity contribution in [2.24, 2.45) is 0 Å². The summed E-state index contributed by atoms with van der Waals surface area (Å²) in [6, 6.07) is 3.26. The first-order valence-corrected chi connectivity index (χ1v) is 8.79. The third-order valence-corrected chi connectivity index (χ3v) is 4.50. The van der Waals surface area contributed by atoms with Crippen molar-refractivity contribution >= 4 is 45.5 Å². The number of aliphatic carboxylic acids is 1. The molecule has 4 heterocycles. The van der Waals surface area contributed by atoms with Crippen molar-refractivity contribution < 1.29 is 14.3 Å². The maximum absolute atomic E-state index is 11.1. The van der Waals surface area contributed by atoms with Crippen LogP contribution in [-0.4, -0.2) is 37.1 Å². The van der Waals surface area contributed by atoms with Crippen molar-refractivity contribution in [1.29, 1.82) is 0 Å². The van der Waals surface area contributed by atoms with Crippen LogP contribution in [0.15, 0.2) is 35.2 Å². The van der Waals surface area contributed by atoms with E-state index in [4.69, 9.17) is 21.1 Å². The monoisotopic (exact) mass is 385 g/mol. The molecule has 0 saturated heterocycles. The standard InChI is InChI=1S/C18H16ClN5O3/c1-2-10(6-14(25)26)22-18-15-13(3-4-27-15)23-17(24-18)12-8-21-16-11(12)5-9(19)7-20-16/h3-5,7-8,10H,2,6H2,1H3,(H,20,21)(H,25,26)(H,22,23,24)/t10-/m0/s1. The number of carbonyl (C=O) groups is 1. The fraction of sp³-hybridized carbons (Fsp3) is 0.222. The van der Waals surface area contributed by atoms with Crippen LogP contribution < -0.4 is 5.32 Å². The van der Waals surface area contributed by atoms with E-state index < -0.39 is 5.97 Å². The number of aromatic amines is 1. The quantitative estimate of drug-likeness (QED) is 0.457. The minimum Gasteiger partial charge on any atom is -0.481 e. The average molecular weight is 386 g/mol. The van der Waals surface area contributed by atoms with Gasteiger partial charge in [-0.15, -0.1) is 0 Å². The summed E-state index contributed by atoms with van der Waals surface area (Å²) in [6.07, 6.45) is 5.47. The molecule has 0 unspecified atom stereocenters. The second kappa shape index (κ2) is 6.88. The van der Waals surface area contributed by atoms with Gasteiger partial charge in [-0.3, -0.25) is 4.79 Å². The molecule has 4 aromatic rings. The number of nitrogens with zero attached hydrogens (tertiary/aromatic N) is 3. The van der Waals surface area contributed by atoms with Gasteiger partial charge in [-0.2, -0.15) is 0 Å². The summed E-state index contributed by atoms with van der Waals surface area (Å²) in [5, 5.41) is 13.6. The molecule has 1 atom stereocenters. The summed E-state index contributed by atoms with van der Waals surface area (Å²) in [6.45, 7) is 1.91. The third kappa shape index (κ3) is 3.31. The van der Waals surface area contributed by atoms with E-state index in [1.165, 1.54) is 6.26 Å². The highest BCUT2D eigenvalue weighted by molar-refractivity contribution is 6.31. The minimum absolute atomic E-state index is 0.0232. The molecule has 0 spiro atoms. The first-order chi connectivity index (χ1) is 13.0. The van der Waals surface area contributed by atoms with Gasteiger partial charge in [0.15, 0.2) is 17.2 Å². The van der Waals surface area contributed by atoms with E-state index in [1.54, 1.807) is 24.5 Å². The van der Waals surface area contributed by atoms with Gasteiger partial charge in [-0.25, -0.2) is 15.0 Å². The molecule has 0 amide bonds. The van der Waals surface area contributed by atoms with E-state index in [1.807, 2.05) is 6.92 Å². The normalized spacial score (nSPS) is 12.5. The summed E-state index contributed by atoms with van der Waals surface area (Å²) < 4.78 is 5.50. The molecular formula is C18H16ClN5O3. The maximum atomic E-state index is 11.1. The molecule has 0 bridgehead atoms. The fourth-order valence-corrected chi connectivity index (χ4v) is 3.10. The van der Waals surface area contributed by atoms with Gasteiger partial charge in [-0.05, 0) is 12.5 Å². The van der Waals surface area contributed by atoms with E-state index in [0.717, 1.165) is 10.9 Å². The van der Waals surface area contributed by atoms with Crippen molar-refractivity contribution in [1.82, 2.24) is 19.9 Å². The van der Waals surface area contributed by atoms with Gasteiger partial charge in [0.25, 0.3) is 0 Å². The van der Waals surface area contributed by atoms with Gasteiger partial charge < -0.3 is 19.8 Å². The van der Waals surface area contributed by atoms with Crippen molar-refractivity contribution in [3.05, 3.63) is 35.8 Å². The molecule has 0 aromatic carbocycles. The van der Waals surface area contributed by atoms with E-state index in [0.29, 0.717) is 39.8 Å². The van der Waals surface area contributed by atoms with Crippen molar-refractivity contribution in [2.45, 2.75) is 25.8 Å². The topological polar surface area (TPSA) is 117 Å². The summed E-state index contributed by atoms with van der Waals surface area (Å²) in [4.78, 5) is 27.6. The summed E-state index contributed by atoms with van der Waals surface area (Å²) in [5.74, 6) is 0.0426. The second-order valence-corrected chi connectivity index (χ2v) is 6.57. The average Bonchev–Trinajstić information content (AvgIpc) is 3.26. The molecular weight excluding hydrogens is 370 g/mol. The predicted octanol–water partition coefficient (Wildman–Crippen LogP) is 4.08. The molecule has 0 radical (unpaired) electrons. The number of rotatable bonds is 6. The lowest BCUT2D eigenvalue weighted by atomic mass is 10.1. The van der Waals surface area contributed by atoms with Crippen LogP contribution >= 0.6 is 11.6 Å². The molecule has 138 valence electrons. The number of H-pyrrole nitrogens is 1. The number of carboxylic acid groups (broad SMARTS) is 1. The Labute approximate surface area is 158 Å². The van der Waals surface area contributed by atoms with Crippen LogP contribution in [0, 0.1) is 0 Å². The van der Waals surface area contributed by atoms with Gasteiger partial charge in [0.2, 0.25) is 0 Å². The number of furan rings is 1. The zero-order valence-corrected chi connectivity index (χ0v) is 15.1. The molecule has 3 N–H and O–H groups in total. The molecule has 9 heteroatoms. The fourth-order valence-electron chi connectivity index (χ4n) is 2.95. The Kier molecular flexibility index (Phi) is 4.41. The number of halogens is 1. The van der Waals surface area contributed by atoms with Crippen LogP contribution in [0.5, 0.6) is 0 Å². The Balaban J connectivity index is 1.82. The number of aromatic nitrogens is 4. The van der Waals surface area contributed by atoms with Crippen LogP contribution in [0.25, 0.3) is 33.5 Å². The van der Waals surface area contributed by atoms with Gasteiger partial charge in [-0.1, -0.05) is 18.5 Å². The van der Waals surface area contributed by atoms with Crippen LogP contribution in [0.2, 0.25) is 5.02 Å². The number of anilines is 1. The summed E-state index contributed by atoms with van der Waals surface area (Å²) in [7, 11) is 0. The summed E-state index contributed by atoms with van der Waals surface area (Å²) >= 11 is 6.08. The minimum atomic E-state index is -0.878. The predicted molar refractivity (Wildman–Crippen MR) is 102 cm³/mol. The third-order valence-electron chi connectivity index (χ3n) is 4.30. The largest absolute Gasteiger partial charge is 0.481 e. The molecule has 0 fully saturated rings. The Bertz CT molecular complexity index is 1140. The van der Waals surface area contributed by atoms with Crippen LogP contribution in [-0.2, 0) is 4.79 Å². The second-order valence-electron chi connectivity index (χ2n) is 6.13. The van der Waals surface area contributed by atoms with Crippen molar-refractivity contribution in [3.8, 4) is 11.4 Å². The van der Waals surface area contributed by atoms with Gasteiger partial charge in [0.05, 0.1) is 17.7 Å². The lowest BCUT2D eigenvalue weighted by molar-refractivity contribution is -0.137. The number of nitrogens with one attached hydrogen (secondary N) is 2. The number of pyridine rings is 1. The summed E-state index contributed by atoms with van der Waals surface area (Å²) in [5.41, 5.74) is 2.53. The Hall–Kier alpha value is -3.13. The molecule has 0 aliphatic rings. The molecule has 27 heavy (non-hydrogen) atoms. The number of fused-ring (bicyclic) bond motifs is 2. The number of carboxylic acids is 1. The van der Waals surface area contributed by atoms with E-state index in [2.05, 4.69) is 25.3 Å². The zero-order chi connectivity index (χ0) is 19.0. The molecule has 0 aliphatic heterocycles. The number of hydrogen-bond acceptors (Lipinski definition) is 6. The van der Waals surface area contributed by atoms with Crippen molar-refractivity contribution in [3.63, 3.8) is 0 Å². The van der Waals surface area contributed by atoms with Gasteiger partial charge >= 0.3 is 5.97 Å².